The third kappa shape index (κ3) is 1.73. The maximum atomic E-state index is 12.1. The SMILES string of the molecule is CCOC(=O)c1c(O)c2ccccc2c(=O)n1C. The van der Waals surface area contributed by atoms with E-state index in [1.807, 2.05) is 0 Å². The van der Waals surface area contributed by atoms with Crippen molar-refractivity contribution in [2.75, 3.05) is 6.61 Å². The van der Waals surface area contributed by atoms with Crippen LogP contribution in [0.4, 0.5) is 0 Å². The van der Waals surface area contributed by atoms with Crippen molar-refractivity contribution in [2.45, 2.75) is 6.92 Å². The second-order valence-corrected chi connectivity index (χ2v) is 3.83. The number of ether oxygens (including phenoxy) is 1. The summed E-state index contributed by atoms with van der Waals surface area (Å²) < 4.78 is 5.94. The van der Waals surface area contributed by atoms with Gasteiger partial charge in [-0.3, -0.25) is 4.79 Å². The van der Waals surface area contributed by atoms with Crippen molar-refractivity contribution < 1.29 is 14.6 Å². The lowest BCUT2D eigenvalue weighted by molar-refractivity contribution is 0.0510. The summed E-state index contributed by atoms with van der Waals surface area (Å²) in [7, 11) is 1.43. The molecule has 2 rings (SSSR count). The minimum atomic E-state index is -0.708. The van der Waals surface area contributed by atoms with Crippen LogP contribution in [0.2, 0.25) is 0 Å². The van der Waals surface area contributed by atoms with E-state index in [0.29, 0.717) is 10.8 Å². The number of rotatable bonds is 2. The Kier molecular flexibility index (Phi) is 3.06. The first kappa shape index (κ1) is 12.2. The highest BCUT2D eigenvalue weighted by Gasteiger charge is 2.20. The molecule has 0 atom stereocenters. The molecule has 0 unspecified atom stereocenters. The molecule has 1 aromatic heterocycles. The van der Waals surface area contributed by atoms with Gasteiger partial charge in [0, 0.05) is 12.4 Å². The fourth-order valence-corrected chi connectivity index (χ4v) is 1.88. The smallest absolute Gasteiger partial charge is 0.358 e. The maximum absolute atomic E-state index is 12.1. The molecule has 1 aromatic carbocycles. The monoisotopic (exact) mass is 247 g/mol. The quantitative estimate of drug-likeness (QED) is 0.815. The molecule has 0 saturated carbocycles. The van der Waals surface area contributed by atoms with Gasteiger partial charge in [0.05, 0.1) is 12.0 Å². The van der Waals surface area contributed by atoms with E-state index in [1.54, 1.807) is 31.2 Å². The number of aromatic hydroxyl groups is 1. The summed E-state index contributed by atoms with van der Waals surface area (Å²) >= 11 is 0. The zero-order valence-corrected chi connectivity index (χ0v) is 10.1. The van der Waals surface area contributed by atoms with Crippen LogP contribution in [0.5, 0.6) is 5.75 Å². The van der Waals surface area contributed by atoms with Crippen LogP contribution in [-0.2, 0) is 11.8 Å². The average molecular weight is 247 g/mol. The molecule has 0 aliphatic carbocycles. The van der Waals surface area contributed by atoms with Gasteiger partial charge in [0.1, 0.15) is 0 Å². The number of pyridine rings is 1. The summed E-state index contributed by atoms with van der Waals surface area (Å²) in [5.74, 6) is -0.938. The van der Waals surface area contributed by atoms with Crippen molar-refractivity contribution in [3.8, 4) is 5.75 Å². The molecule has 0 radical (unpaired) electrons. The lowest BCUT2D eigenvalue weighted by Gasteiger charge is -2.11. The number of fused-ring (bicyclic) bond motifs is 1. The van der Waals surface area contributed by atoms with Gasteiger partial charge in [-0.25, -0.2) is 4.79 Å². The molecular formula is C13H13NO4. The lowest BCUT2D eigenvalue weighted by Crippen LogP contribution is -2.24. The Morgan fingerprint density at radius 1 is 1.33 bits per heavy atom. The standard InChI is InChI=1S/C13H13NO4/c1-3-18-13(17)10-11(15)8-6-4-5-7-9(8)12(16)14(10)2/h4-7,15H,3H2,1-2H3. The molecule has 0 amide bonds. The fraction of sp³-hybridized carbons (Fsp3) is 0.231. The highest BCUT2D eigenvalue weighted by Crippen LogP contribution is 2.26. The lowest BCUT2D eigenvalue weighted by atomic mass is 10.1. The number of carbonyl (C=O) groups excluding carboxylic acids is 1. The topological polar surface area (TPSA) is 68.5 Å². The van der Waals surface area contributed by atoms with Crippen LogP contribution in [0.1, 0.15) is 17.4 Å². The van der Waals surface area contributed by atoms with Gasteiger partial charge < -0.3 is 14.4 Å². The summed E-state index contributed by atoms with van der Waals surface area (Å²) in [6.07, 6.45) is 0. The van der Waals surface area contributed by atoms with Crippen LogP contribution in [0.15, 0.2) is 29.1 Å². The fourth-order valence-electron chi connectivity index (χ4n) is 1.88. The molecular weight excluding hydrogens is 234 g/mol. The van der Waals surface area contributed by atoms with Gasteiger partial charge in [-0.1, -0.05) is 18.2 Å². The Hall–Kier alpha value is -2.30. The van der Waals surface area contributed by atoms with Crippen LogP contribution >= 0.6 is 0 Å². The molecule has 18 heavy (non-hydrogen) atoms. The molecule has 5 heteroatoms. The van der Waals surface area contributed by atoms with Crippen LogP contribution in [0.3, 0.4) is 0 Å². The number of hydrogen-bond acceptors (Lipinski definition) is 4. The highest BCUT2D eigenvalue weighted by atomic mass is 16.5. The Bertz CT molecular complexity index is 672. The van der Waals surface area contributed by atoms with Crippen molar-refractivity contribution in [3.63, 3.8) is 0 Å². The first-order valence-corrected chi connectivity index (χ1v) is 5.55. The van der Waals surface area contributed by atoms with Gasteiger partial charge in [-0.2, -0.15) is 0 Å². The van der Waals surface area contributed by atoms with Crippen molar-refractivity contribution in [3.05, 3.63) is 40.3 Å². The van der Waals surface area contributed by atoms with E-state index in [0.717, 1.165) is 4.57 Å². The minimum Gasteiger partial charge on any atom is -0.505 e. The highest BCUT2D eigenvalue weighted by molar-refractivity contribution is 5.99. The Labute approximate surface area is 103 Å². The molecule has 94 valence electrons. The number of esters is 1. The molecule has 0 bridgehead atoms. The number of nitrogens with zero attached hydrogens (tertiary/aromatic N) is 1. The second kappa shape index (κ2) is 4.52. The van der Waals surface area contributed by atoms with E-state index >= 15 is 0 Å². The average Bonchev–Trinajstić information content (AvgIpc) is 2.37. The molecule has 5 nitrogen and oxygen atoms in total. The Morgan fingerprint density at radius 2 is 1.94 bits per heavy atom. The van der Waals surface area contributed by atoms with Crippen molar-refractivity contribution in [1.29, 1.82) is 0 Å². The summed E-state index contributed by atoms with van der Waals surface area (Å²) in [6, 6.07) is 6.59. The minimum absolute atomic E-state index is 0.124. The van der Waals surface area contributed by atoms with Gasteiger partial charge >= 0.3 is 5.97 Å². The third-order valence-electron chi connectivity index (χ3n) is 2.75. The summed E-state index contributed by atoms with van der Waals surface area (Å²) in [5.41, 5.74) is -0.466. The zero-order chi connectivity index (χ0) is 13.3. The molecule has 0 spiro atoms. The number of benzene rings is 1. The predicted octanol–water partition coefficient (Wildman–Crippen LogP) is 1.42. The van der Waals surface area contributed by atoms with Gasteiger partial charge in [0.15, 0.2) is 11.4 Å². The first-order chi connectivity index (χ1) is 8.57. The van der Waals surface area contributed by atoms with Gasteiger partial charge in [0.2, 0.25) is 0 Å². The zero-order valence-electron chi connectivity index (χ0n) is 10.1. The first-order valence-electron chi connectivity index (χ1n) is 5.55. The van der Waals surface area contributed by atoms with E-state index in [-0.39, 0.29) is 23.6 Å². The summed E-state index contributed by atoms with van der Waals surface area (Å²) in [5, 5.41) is 10.8. The van der Waals surface area contributed by atoms with Gasteiger partial charge in [-0.05, 0) is 13.0 Å². The molecule has 0 aliphatic heterocycles. The van der Waals surface area contributed by atoms with Crippen molar-refractivity contribution in [1.82, 2.24) is 4.57 Å². The van der Waals surface area contributed by atoms with Crippen LogP contribution in [0, 0.1) is 0 Å². The normalized spacial score (nSPS) is 10.6. The Balaban J connectivity index is 2.83. The van der Waals surface area contributed by atoms with Gasteiger partial charge in [0.25, 0.3) is 5.56 Å². The molecule has 0 fully saturated rings. The molecule has 1 heterocycles. The van der Waals surface area contributed by atoms with Crippen LogP contribution < -0.4 is 5.56 Å². The predicted molar refractivity (Wildman–Crippen MR) is 66.8 cm³/mol. The van der Waals surface area contributed by atoms with E-state index in [2.05, 4.69) is 0 Å². The maximum Gasteiger partial charge on any atom is 0.358 e. The Morgan fingerprint density at radius 3 is 2.56 bits per heavy atom. The number of hydrogen-bond donors (Lipinski definition) is 1. The molecule has 1 N–H and O–H groups in total. The summed E-state index contributed by atoms with van der Waals surface area (Å²) in [4.78, 5) is 23.8. The van der Waals surface area contributed by atoms with E-state index in [9.17, 15) is 14.7 Å². The number of aromatic nitrogens is 1. The van der Waals surface area contributed by atoms with E-state index in [1.165, 1.54) is 7.05 Å². The number of carbonyl (C=O) groups is 1. The van der Waals surface area contributed by atoms with Crippen LogP contribution in [-0.4, -0.2) is 22.2 Å². The molecule has 0 saturated heterocycles. The second-order valence-electron chi connectivity index (χ2n) is 3.83. The van der Waals surface area contributed by atoms with Gasteiger partial charge in [-0.15, -0.1) is 0 Å². The van der Waals surface area contributed by atoms with E-state index < -0.39 is 5.97 Å². The van der Waals surface area contributed by atoms with Crippen LogP contribution in [0.25, 0.3) is 10.8 Å². The van der Waals surface area contributed by atoms with Crippen molar-refractivity contribution >= 4 is 16.7 Å². The molecule has 0 aliphatic rings. The van der Waals surface area contributed by atoms with Crippen molar-refractivity contribution in [2.24, 2.45) is 7.05 Å². The molecule has 2 aromatic rings. The van der Waals surface area contributed by atoms with E-state index in [4.69, 9.17) is 4.74 Å². The largest absolute Gasteiger partial charge is 0.505 e. The summed E-state index contributed by atoms with van der Waals surface area (Å²) in [6.45, 7) is 1.84. The third-order valence-corrected chi connectivity index (χ3v) is 2.75.